The molecule has 0 amide bonds. The number of ether oxygens (including phenoxy) is 1. The van der Waals surface area contributed by atoms with E-state index in [1.54, 1.807) is 7.11 Å². The van der Waals surface area contributed by atoms with Gasteiger partial charge >= 0.3 is 0 Å². The van der Waals surface area contributed by atoms with E-state index in [0.717, 1.165) is 5.56 Å². The van der Waals surface area contributed by atoms with Crippen LogP contribution in [0.3, 0.4) is 0 Å². The van der Waals surface area contributed by atoms with Crippen molar-refractivity contribution in [3.05, 3.63) is 29.6 Å². The molecule has 0 aliphatic heterocycles. The topological polar surface area (TPSA) is 41.5 Å². The van der Waals surface area contributed by atoms with Crippen molar-refractivity contribution >= 4 is 5.69 Å². The smallest absolute Gasteiger partial charge is 0.125 e. The highest BCUT2D eigenvalue weighted by molar-refractivity contribution is 5.48. The van der Waals surface area contributed by atoms with Gasteiger partial charge < -0.3 is 15.2 Å². The fourth-order valence-corrected chi connectivity index (χ4v) is 1.97. The lowest BCUT2D eigenvalue weighted by molar-refractivity contribution is 0.0724. The molecule has 3 nitrogen and oxygen atoms in total. The second kappa shape index (κ2) is 6.16. The summed E-state index contributed by atoms with van der Waals surface area (Å²) in [5.41, 5.74) is 0.896. The average molecular weight is 255 g/mol. The first kappa shape index (κ1) is 14.9. The van der Waals surface area contributed by atoms with E-state index in [1.807, 2.05) is 26.8 Å². The summed E-state index contributed by atoms with van der Waals surface area (Å²) in [7, 11) is 1.59. The van der Waals surface area contributed by atoms with Crippen LogP contribution >= 0.6 is 0 Å². The molecule has 0 aliphatic carbocycles. The van der Waals surface area contributed by atoms with E-state index in [0.29, 0.717) is 12.3 Å². The minimum atomic E-state index is -0.602. The minimum absolute atomic E-state index is 0.0753. The predicted molar refractivity (Wildman–Crippen MR) is 71.3 cm³/mol. The van der Waals surface area contributed by atoms with Crippen LogP contribution in [-0.2, 0) is 4.74 Å². The molecule has 0 saturated carbocycles. The van der Waals surface area contributed by atoms with Crippen LogP contribution in [0.25, 0.3) is 0 Å². The van der Waals surface area contributed by atoms with E-state index in [1.165, 1.54) is 12.1 Å². The molecule has 0 saturated heterocycles. The number of aliphatic hydroxyl groups excluding tert-OH is 1. The summed E-state index contributed by atoms with van der Waals surface area (Å²) < 4.78 is 18.5. The lowest BCUT2D eigenvalue weighted by Gasteiger charge is -2.37. The third kappa shape index (κ3) is 3.43. The van der Waals surface area contributed by atoms with Gasteiger partial charge in [0.15, 0.2) is 0 Å². The predicted octanol–water partition coefficient (Wildman–Crippen LogP) is 2.58. The van der Waals surface area contributed by atoms with Crippen molar-refractivity contribution in [2.45, 2.75) is 26.3 Å². The third-order valence-electron chi connectivity index (χ3n) is 3.22. The lowest BCUT2D eigenvalue weighted by Crippen LogP contribution is -2.51. The van der Waals surface area contributed by atoms with Gasteiger partial charge in [0.25, 0.3) is 0 Å². The molecule has 1 aromatic rings. The summed E-state index contributed by atoms with van der Waals surface area (Å²) >= 11 is 0. The Balaban J connectivity index is 3.01. The third-order valence-corrected chi connectivity index (χ3v) is 3.22. The van der Waals surface area contributed by atoms with E-state index in [9.17, 15) is 9.50 Å². The van der Waals surface area contributed by atoms with Crippen LogP contribution in [0.5, 0.6) is 0 Å². The maximum Gasteiger partial charge on any atom is 0.125 e. The Kier molecular flexibility index (Phi) is 5.11. The molecule has 4 heteroatoms. The van der Waals surface area contributed by atoms with Gasteiger partial charge in [-0.1, -0.05) is 13.8 Å². The highest BCUT2D eigenvalue weighted by Crippen LogP contribution is 2.25. The first-order valence-electron chi connectivity index (χ1n) is 6.08. The van der Waals surface area contributed by atoms with Gasteiger partial charge in [0.1, 0.15) is 5.82 Å². The summed E-state index contributed by atoms with van der Waals surface area (Å²) in [5, 5.41) is 12.9. The number of nitrogens with one attached hydrogen (secondary N) is 1. The number of anilines is 1. The molecule has 1 atom stereocenters. The zero-order valence-corrected chi connectivity index (χ0v) is 11.5. The van der Waals surface area contributed by atoms with Crippen molar-refractivity contribution in [2.75, 3.05) is 25.6 Å². The molecule has 0 aromatic heterocycles. The number of hydrogen-bond acceptors (Lipinski definition) is 3. The van der Waals surface area contributed by atoms with Gasteiger partial charge in [-0.2, -0.15) is 0 Å². The van der Waals surface area contributed by atoms with Crippen LogP contribution in [-0.4, -0.2) is 31.0 Å². The molecule has 0 heterocycles. The standard InChI is InChI=1S/C14H22FNO2/c1-10(2)14(8-17,9-18-4)16-13-6-11(3)5-12(15)7-13/h5-7,10,16-17H,8-9H2,1-4H3. The second-order valence-electron chi connectivity index (χ2n) is 5.04. The Morgan fingerprint density at radius 3 is 2.50 bits per heavy atom. The van der Waals surface area contributed by atoms with Gasteiger partial charge in [-0.25, -0.2) is 4.39 Å². The molecule has 0 radical (unpaired) electrons. The monoisotopic (exact) mass is 255 g/mol. The molecule has 1 rings (SSSR count). The Morgan fingerprint density at radius 2 is 2.06 bits per heavy atom. The quantitative estimate of drug-likeness (QED) is 0.821. The van der Waals surface area contributed by atoms with E-state index >= 15 is 0 Å². The van der Waals surface area contributed by atoms with Crippen LogP contribution < -0.4 is 5.32 Å². The van der Waals surface area contributed by atoms with Crippen LogP contribution in [0, 0.1) is 18.7 Å². The number of rotatable bonds is 6. The van der Waals surface area contributed by atoms with E-state index in [2.05, 4.69) is 5.32 Å². The maximum atomic E-state index is 13.4. The summed E-state index contributed by atoms with van der Waals surface area (Å²) in [6, 6.07) is 4.75. The SMILES string of the molecule is COCC(CO)(Nc1cc(C)cc(F)c1)C(C)C. The summed E-state index contributed by atoms with van der Waals surface area (Å²) in [6.45, 7) is 6.11. The molecule has 2 N–H and O–H groups in total. The maximum absolute atomic E-state index is 13.4. The Labute approximate surface area is 108 Å². The highest BCUT2D eigenvalue weighted by Gasteiger charge is 2.33. The number of benzene rings is 1. The summed E-state index contributed by atoms with van der Waals surface area (Å²) in [5.74, 6) is -0.142. The molecule has 0 spiro atoms. The first-order chi connectivity index (χ1) is 8.43. The van der Waals surface area contributed by atoms with E-state index < -0.39 is 5.54 Å². The van der Waals surface area contributed by atoms with Crippen molar-refractivity contribution in [1.29, 1.82) is 0 Å². The molecule has 1 unspecified atom stereocenters. The Morgan fingerprint density at radius 1 is 1.39 bits per heavy atom. The fraction of sp³-hybridized carbons (Fsp3) is 0.571. The van der Waals surface area contributed by atoms with Gasteiger partial charge in [0.2, 0.25) is 0 Å². The minimum Gasteiger partial charge on any atom is -0.394 e. The second-order valence-corrected chi connectivity index (χ2v) is 5.04. The van der Waals surface area contributed by atoms with E-state index in [4.69, 9.17) is 4.74 Å². The Hall–Kier alpha value is -1.13. The number of halogens is 1. The summed E-state index contributed by atoms with van der Waals surface area (Å²) in [6.07, 6.45) is 0. The van der Waals surface area contributed by atoms with Crippen LogP contribution in [0.2, 0.25) is 0 Å². The van der Waals surface area contributed by atoms with Gasteiger partial charge in [-0.05, 0) is 36.6 Å². The zero-order valence-electron chi connectivity index (χ0n) is 11.5. The fourth-order valence-electron chi connectivity index (χ4n) is 1.97. The number of methoxy groups -OCH3 is 1. The van der Waals surface area contributed by atoms with Crippen LogP contribution in [0.15, 0.2) is 18.2 Å². The van der Waals surface area contributed by atoms with Crippen molar-refractivity contribution < 1.29 is 14.2 Å². The first-order valence-corrected chi connectivity index (χ1v) is 6.08. The van der Waals surface area contributed by atoms with E-state index in [-0.39, 0.29) is 18.3 Å². The number of aliphatic hydroxyl groups is 1. The number of hydrogen-bond donors (Lipinski definition) is 2. The normalized spacial score (nSPS) is 14.6. The van der Waals surface area contributed by atoms with Crippen molar-refractivity contribution in [1.82, 2.24) is 0 Å². The molecular formula is C14H22FNO2. The molecule has 0 fully saturated rings. The largest absolute Gasteiger partial charge is 0.394 e. The molecule has 18 heavy (non-hydrogen) atoms. The number of aryl methyl sites for hydroxylation is 1. The van der Waals surface area contributed by atoms with Gasteiger partial charge in [0.05, 0.1) is 18.8 Å². The zero-order chi connectivity index (χ0) is 13.8. The molecule has 102 valence electrons. The van der Waals surface area contributed by atoms with Crippen molar-refractivity contribution in [3.8, 4) is 0 Å². The van der Waals surface area contributed by atoms with Gasteiger partial charge in [-0.15, -0.1) is 0 Å². The van der Waals surface area contributed by atoms with Crippen molar-refractivity contribution in [2.24, 2.45) is 5.92 Å². The summed E-state index contributed by atoms with van der Waals surface area (Å²) in [4.78, 5) is 0. The highest BCUT2D eigenvalue weighted by atomic mass is 19.1. The average Bonchev–Trinajstić information content (AvgIpc) is 2.26. The van der Waals surface area contributed by atoms with Gasteiger partial charge in [-0.3, -0.25) is 0 Å². The molecule has 0 aliphatic rings. The molecular weight excluding hydrogens is 233 g/mol. The van der Waals surface area contributed by atoms with Crippen LogP contribution in [0.4, 0.5) is 10.1 Å². The van der Waals surface area contributed by atoms with Gasteiger partial charge in [0, 0.05) is 12.8 Å². The molecule has 1 aromatic carbocycles. The lowest BCUT2D eigenvalue weighted by atomic mass is 9.87. The molecule has 0 bridgehead atoms. The van der Waals surface area contributed by atoms with Crippen LogP contribution in [0.1, 0.15) is 19.4 Å². The van der Waals surface area contributed by atoms with Crippen molar-refractivity contribution in [3.63, 3.8) is 0 Å². The Bertz CT molecular complexity index is 375.